The van der Waals surface area contributed by atoms with Gasteiger partial charge in [-0.1, -0.05) is 291 Å². The van der Waals surface area contributed by atoms with Crippen molar-refractivity contribution in [2.24, 2.45) is 0 Å². The quantitative estimate of drug-likeness (QED) is 0.0270. The molecule has 1 aliphatic carbocycles. The number of hydrogen-bond donors (Lipinski definition) is 1. The van der Waals surface area contributed by atoms with Gasteiger partial charge in [0.1, 0.15) is 11.3 Å². The van der Waals surface area contributed by atoms with Gasteiger partial charge in [-0.15, -0.1) is 5.75 Å². The molecule has 0 bridgehead atoms. The number of carbonyl (C=O) groups is 1. The van der Waals surface area contributed by atoms with E-state index >= 15 is 0 Å². The van der Waals surface area contributed by atoms with Gasteiger partial charge in [0.2, 0.25) is 0 Å². The minimum Gasteiger partial charge on any atom is -0.872 e. The average Bonchev–Trinajstić information content (AvgIpc) is 0.779. The van der Waals surface area contributed by atoms with Crippen molar-refractivity contribution in [1.82, 2.24) is 0 Å². The lowest BCUT2D eigenvalue weighted by molar-refractivity contribution is -0.268. The lowest BCUT2D eigenvalue weighted by atomic mass is 9.91. The number of carboxylic acids is 1. The highest BCUT2D eigenvalue weighted by Gasteiger charge is 2.36. The number of rotatable bonds is 58. The average molecular weight is 1300 g/mol. The fourth-order valence-electron chi connectivity index (χ4n) is 14.2. The number of hydrogen-bond acceptors (Lipinski definition) is 4. The van der Waals surface area contributed by atoms with Gasteiger partial charge in [-0.2, -0.15) is 0 Å². The topological polar surface area (TPSA) is 90.6 Å². The summed E-state index contributed by atoms with van der Waals surface area (Å²) in [5, 5.41) is 21.8. The Morgan fingerprint density at radius 3 is 0.945 bits per heavy atom. The van der Waals surface area contributed by atoms with E-state index in [1.54, 1.807) is 131 Å². The smallest absolute Gasteiger partial charge is 0.336 e. The monoisotopic (exact) mass is 1300 g/mol. The third-order valence-corrected chi connectivity index (χ3v) is 30.1. The molecular formula is C84H147O5P2+. The summed E-state index contributed by atoms with van der Waals surface area (Å²) >= 11 is 0. The standard InChI is InChI=1S/2C32H68P.C20H12O5/c2*1-5-9-13-17-18-19-20-21-22-23-24-28-32-33(29-25-14-10-6-2,30-26-15-11-7-3)31-27-16-12-8-4;21-11-5-7-15-17(9-11)25-18-10-12(22)6-8-16(18)19(15)13-3-1-2-4-14(13)20(23)24/h2*5-32H2,1-4H3;1-10,21H,(H,23,24)/q2*+1;/p-1. The number of aromatic carboxylic acids is 1. The summed E-state index contributed by atoms with van der Waals surface area (Å²) in [5.74, 6) is -0.981. The summed E-state index contributed by atoms with van der Waals surface area (Å²) in [6.45, 7) is 18.8. The molecule has 0 saturated heterocycles. The Hall–Kier alpha value is -2.74. The highest BCUT2D eigenvalue weighted by atomic mass is 31.2. The first-order valence-electron chi connectivity index (χ1n) is 39.7. The van der Waals surface area contributed by atoms with Gasteiger partial charge in [-0.3, -0.25) is 4.79 Å². The second-order valence-corrected chi connectivity index (χ2v) is 37.2. The van der Waals surface area contributed by atoms with Crippen molar-refractivity contribution in [3.05, 3.63) is 76.5 Å². The molecular weight excluding hydrogens is 1150 g/mol. The van der Waals surface area contributed by atoms with Crippen molar-refractivity contribution in [3.8, 4) is 28.2 Å². The fourth-order valence-corrected chi connectivity index (χ4v) is 24.0. The van der Waals surface area contributed by atoms with Crippen LogP contribution in [0, 0.1) is 0 Å². The van der Waals surface area contributed by atoms with Crippen LogP contribution in [0.4, 0.5) is 0 Å². The first-order valence-corrected chi connectivity index (χ1v) is 44.8. The number of fused-ring (bicyclic) bond motifs is 2. The van der Waals surface area contributed by atoms with Gasteiger partial charge in [-0.25, -0.2) is 4.79 Å². The lowest BCUT2D eigenvalue weighted by Gasteiger charge is -2.28. The second kappa shape index (κ2) is 57.5. The highest BCUT2D eigenvalue weighted by Crippen LogP contribution is 2.62. The molecule has 2 aromatic rings. The predicted molar refractivity (Wildman–Crippen MR) is 411 cm³/mol. The molecule has 0 fully saturated rings. The van der Waals surface area contributed by atoms with E-state index in [0.717, 1.165) is 0 Å². The zero-order chi connectivity index (χ0) is 66.1. The van der Waals surface area contributed by atoms with Crippen LogP contribution in [0.15, 0.2) is 69.9 Å². The molecule has 4 rings (SSSR count). The van der Waals surface area contributed by atoms with Gasteiger partial charge in [-0.05, 0) is 133 Å². The molecule has 522 valence electrons. The van der Waals surface area contributed by atoms with Crippen LogP contribution in [0.2, 0.25) is 0 Å². The van der Waals surface area contributed by atoms with Crippen molar-refractivity contribution < 1.29 is 19.4 Å². The predicted octanol–water partition coefficient (Wildman–Crippen LogP) is 28.2. The molecule has 0 spiro atoms. The van der Waals surface area contributed by atoms with Crippen LogP contribution in [0.5, 0.6) is 5.75 Å². The molecule has 0 atom stereocenters. The van der Waals surface area contributed by atoms with E-state index in [0.29, 0.717) is 33.4 Å². The van der Waals surface area contributed by atoms with Gasteiger partial charge in [0.15, 0.2) is 5.43 Å². The van der Waals surface area contributed by atoms with E-state index in [9.17, 15) is 19.8 Å². The molecule has 0 unspecified atom stereocenters. The highest BCUT2D eigenvalue weighted by molar-refractivity contribution is 7.76. The molecule has 0 saturated carbocycles. The summed E-state index contributed by atoms with van der Waals surface area (Å²) in [6.07, 6.45) is 84.2. The Morgan fingerprint density at radius 1 is 0.352 bits per heavy atom. The van der Waals surface area contributed by atoms with Crippen LogP contribution in [-0.2, 0) is 0 Å². The molecule has 1 heterocycles. The minimum atomic E-state index is -1.06. The Balaban J connectivity index is 0.000000468. The maximum Gasteiger partial charge on any atom is 0.336 e. The molecule has 2 aliphatic rings. The van der Waals surface area contributed by atoms with Gasteiger partial charge in [0, 0.05) is 37.1 Å². The summed E-state index contributed by atoms with van der Waals surface area (Å²) in [5.41, 5.74) is 1.94. The molecule has 1 N–H and O–H groups in total. The van der Waals surface area contributed by atoms with Crippen LogP contribution in [0.1, 0.15) is 374 Å². The summed E-state index contributed by atoms with van der Waals surface area (Å²) in [7, 11) is -1.39. The normalized spacial score (nSPS) is 11.7. The van der Waals surface area contributed by atoms with Crippen LogP contribution < -0.4 is 10.5 Å². The van der Waals surface area contributed by atoms with Crippen molar-refractivity contribution in [1.29, 1.82) is 0 Å². The fraction of sp³-hybridized carbons (Fsp3) is 0.762. The maximum absolute atomic E-state index is 11.7. The molecule has 2 aromatic carbocycles. The summed E-state index contributed by atoms with van der Waals surface area (Å²) < 4.78 is 5.72. The lowest BCUT2D eigenvalue weighted by Crippen LogP contribution is -2.13. The van der Waals surface area contributed by atoms with Gasteiger partial charge in [0.05, 0.1) is 54.9 Å². The first kappa shape index (κ1) is 84.3. The maximum atomic E-state index is 11.7. The third-order valence-electron chi connectivity index (χ3n) is 20.0. The molecule has 5 nitrogen and oxygen atoms in total. The number of carboxylic acid groups (broad SMARTS) is 1. The van der Waals surface area contributed by atoms with Crippen molar-refractivity contribution >= 4 is 31.5 Å². The molecule has 0 aromatic heterocycles. The molecule has 1 aliphatic heterocycles. The van der Waals surface area contributed by atoms with E-state index in [1.807, 2.05) is 0 Å². The van der Waals surface area contributed by atoms with Crippen LogP contribution in [0.3, 0.4) is 0 Å². The van der Waals surface area contributed by atoms with E-state index in [2.05, 4.69) is 55.4 Å². The van der Waals surface area contributed by atoms with E-state index in [-0.39, 0.29) is 16.7 Å². The summed E-state index contributed by atoms with van der Waals surface area (Å²) in [6, 6.07) is 15.3. The minimum absolute atomic E-state index is 0.133. The number of benzene rings is 3. The Kier molecular flexibility index (Phi) is 53.3. The largest absolute Gasteiger partial charge is 0.872 e. The molecule has 91 heavy (non-hydrogen) atoms. The molecule has 0 radical (unpaired) electrons. The van der Waals surface area contributed by atoms with Gasteiger partial charge >= 0.3 is 5.97 Å². The van der Waals surface area contributed by atoms with Crippen molar-refractivity contribution in [2.75, 3.05) is 49.3 Å². The van der Waals surface area contributed by atoms with Crippen LogP contribution in [-0.4, -0.2) is 60.4 Å². The van der Waals surface area contributed by atoms with Crippen LogP contribution >= 0.6 is 14.5 Å². The SMILES string of the molecule is CCCCCCCCCCCCCC[P+](CCCCCC)(CCCCCC)CCCCCC.CCCCCCCCCCCCCC[P+](CCCCCC)(CCCCCC)CCCCCC.O=C(O)c1ccccc1-c1c2ccc(=O)cc-2oc2cc([O-])ccc12. The van der Waals surface area contributed by atoms with Gasteiger partial charge < -0.3 is 14.6 Å². The Morgan fingerprint density at radius 2 is 0.637 bits per heavy atom. The van der Waals surface area contributed by atoms with Crippen molar-refractivity contribution in [3.63, 3.8) is 0 Å². The molecule has 0 amide bonds. The zero-order valence-corrected chi connectivity index (χ0v) is 63.1. The van der Waals surface area contributed by atoms with E-state index in [4.69, 9.17) is 4.42 Å². The van der Waals surface area contributed by atoms with E-state index < -0.39 is 20.5 Å². The Bertz CT molecular complexity index is 2190. The van der Waals surface area contributed by atoms with Gasteiger partial charge in [0.25, 0.3) is 0 Å². The van der Waals surface area contributed by atoms with Crippen molar-refractivity contribution in [2.45, 2.75) is 364 Å². The third kappa shape index (κ3) is 39.8. The second-order valence-electron chi connectivity index (χ2n) is 28.3. The van der Waals surface area contributed by atoms with E-state index in [1.165, 1.54) is 287 Å². The Labute approximate surface area is 565 Å². The summed E-state index contributed by atoms with van der Waals surface area (Å²) in [4.78, 5) is 23.3. The first-order chi connectivity index (χ1) is 44.5. The molecule has 7 heteroatoms. The number of unbranched alkanes of at least 4 members (excludes halogenated alkanes) is 40. The van der Waals surface area contributed by atoms with Crippen LogP contribution in [0.25, 0.3) is 33.4 Å². The zero-order valence-electron chi connectivity index (χ0n) is 61.3.